The molecule has 1 amide bonds. The first-order valence-electron chi connectivity index (χ1n) is 6.47. The Morgan fingerprint density at radius 1 is 1.28 bits per heavy atom. The number of fused-ring (bicyclic) bond motifs is 1. The molecule has 96 valence electrons. The molecule has 0 bridgehead atoms. The standard InChI is InChI=1S/C14H18N2O2/c1-16-12-5-3-2-4-11(12)13(14(16)17)15-10-6-8-18-9-7-10/h2-5,10,13,15H,6-9H2,1H3. The lowest BCUT2D eigenvalue weighted by Crippen LogP contribution is -2.41. The maximum atomic E-state index is 12.3. The molecule has 0 radical (unpaired) electrons. The fourth-order valence-corrected chi connectivity index (χ4v) is 2.74. The van der Waals surface area contributed by atoms with E-state index in [1.807, 2.05) is 31.3 Å². The van der Waals surface area contributed by atoms with Gasteiger partial charge in [-0.3, -0.25) is 10.1 Å². The van der Waals surface area contributed by atoms with E-state index in [2.05, 4.69) is 5.32 Å². The Kier molecular flexibility index (Phi) is 3.06. The van der Waals surface area contributed by atoms with Crippen molar-refractivity contribution in [2.45, 2.75) is 24.9 Å². The van der Waals surface area contributed by atoms with Gasteiger partial charge in [0.2, 0.25) is 5.91 Å². The van der Waals surface area contributed by atoms with E-state index in [0.29, 0.717) is 6.04 Å². The predicted molar refractivity (Wildman–Crippen MR) is 69.6 cm³/mol. The smallest absolute Gasteiger partial charge is 0.248 e. The Bertz CT molecular complexity index is 455. The van der Waals surface area contributed by atoms with Gasteiger partial charge in [0.05, 0.1) is 0 Å². The summed E-state index contributed by atoms with van der Waals surface area (Å²) in [5.41, 5.74) is 2.11. The van der Waals surface area contributed by atoms with Crippen LogP contribution < -0.4 is 10.2 Å². The van der Waals surface area contributed by atoms with E-state index < -0.39 is 0 Å². The summed E-state index contributed by atoms with van der Waals surface area (Å²) in [6, 6.07) is 8.19. The second kappa shape index (κ2) is 4.71. The quantitative estimate of drug-likeness (QED) is 0.859. The van der Waals surface area contributed by atoms with Crippen molar-refractivity contribution < 1.29 is 9.53 Å². The fourth-order valence-electron chi connectivity index (χ4n) is 2.74. The molecular weight excluding hydrogens is 228 g/mol. The van der Waals surface area contributed by atoms with Gasteiger partial charge in [-0.25, -0.2) is 0 Å². The molecule has 1 saturated heterocycles. The first-order valence-corrected chi connectivity index (χ1v) is 6.47. The highest BCUT2D eigenvalue weighted by Crippen LogP contribution is 2.35. The van der Waals surface area contributed by atoms with E-state index in [1.165, 1.54) is 0 Å². The largest absolute Gasteiger partial charge is 0.381 e. The lowest BCUT2D eigenvalue weighted by atomic mass is 10.0. The Balaban J connectivity index is 1.81. The van der Waals surface area contributed by atoms with Crippen molar-refractivity contribution >= 4 is 11.6 Å². The topological polar surface area (TPSA) is 41.6 Å². The van der Waals surface area contributed by atoms with Crippen LogP contribution in [-0.4, -0.2) is 32.2 Å². The number of hydrogen-bond acceptors (Lipinski definition) is 3. The number of rotatable bonds is 2. The van der Waals surface area contributed by atoms with Crippen LogP contribution in [0.15, 0.2) is 24.3 Å². The third kappa shape index (κ3) is 1.91. The minimum Gasteiger partial charge on any atom is -0.381 e. The molecule has 2 aliphatic heterocycles. The molecule has 0 aromatic heterocycles. The zero-order valence-corrected chi connectivity index (χ0v) is 10.6. The Morgan fingerprint density at radius 3 is 2.78 bits per heavy atom. The van der Waals surface area contributed by atoms with Gasteiger partial charge < -0.3 is 9.64 Å². The summed E-state index contributed by atoms with van der Waals surface area (Å²) in [7, 11) is 1.84. The highest BCUT2D eigenvalue weighted by molar-refractivity contribution is 6.04. The average molecular weight is 246 g/mol. The van der Waals surface area contributed by atoms with Crippen molar-refractivity contribution in [3.05, 3.63) is 29.8 Å². The summed E-state index contributed by atoms with van der Waals surface area (Å²) in [6.07, 6.45) is 1.96. The van der Waals surface area contributed by atoms with E-state index >= 15 is 0 Å². The van der Waals surface area contributed by atoms with E-state index in [4.69, 9.17) is 4.74 Å². The molecule has 0 saturated carbocycles. The molecular formula is C14H18N2O2. The van der Waals surface area contributed by atoms with E-state index in [1.54, 1.807) is 4.90 Å². The summed E-state index contributed by atoms with van der Waals surface area (Å²) >= 11 is 0. The molecule has 4 nitrogen and oxygen atoms in total. The average Bonchev–Trinajstić information content (AvgIpc) is 2.66. The molecule has 1 atom stereocenters. The van der Waals surface area contributed by atoms with Crippen molar-refractivity contribution in [1.29, 1.82) is 0 Å². The molecule has 1 unspecified atom stereocenters. The van der Waals surface area contributed by atoms with Crippen LogP contribution in [0.4, 0.5) is 5.69 Å². The summed E-state index contributed by atoms with van der Waals surface area (Å²) in [5.74, 6) is 0.141. The van der Waals surface area contributed by atoms with Gasteiger partial charge in [-0.1, -0.05) is 18.2 Å². The fraction of sp³-hybridized carbons (Fsp3) is 0.500. The van der Waals surface area contributed by atoms with Gasteiger partial charge in [-0.05, 0) is 18.9 Å². The van der Waals surface area contributed by atoms with E-state index in [0.717, 1.165) is 37.3 Å². The number of ether oxygens (including phenoxy) is 1. The monoisotopic (exact) mass is 246 g/mol. The SMILES string of the molecule is CN1C(=O)C(NC2CCOCC2)c2ccccc21. The van der Waals surface area contributed by atoms with Gasteiger partial charge in [0.15, 0.2) is 0 Å². The Morgan fingerprint density at radius 2 is 2.00 bits per heavy atom. The lowest BCUT2D eigenvalue weighted by Gasteiger charge is -2.26. The zero-order valence-electron chi connectivity index (χ0n) is 10.6. The van der Waals surface area contributed by atoms with Crippen LogP contribution in [0.1, 0.15) is 24.4 Å². The number of carbonyl (C=O) groups excluding carboxylic acids is 1. The lowest BCUT2D eigenvalue weighted by molar-refractivity contribution is -0.120. The van der Waals surface area contributed by atoms with Gasteiger partial charge in [0, 0.05) is 37.6 Å². The number of amides is 1. The van der Waals surface area contributed by atoms with Gasteiger partial charge in [0.25, 0.3) is 0 Å². The molecule has 3 rings (SSSR count). The van der Waals surface area contributed by atoms with Crippen molar-refractivity contribution in [3.63, 3.8) is 0 Å². The highest BCUT2D eigenvalue weighted by Gasteiger charge is 2.36. The normalized spacial score (nSPS) is 24.4. The van der Waals surface area contributed by atoms with Gasteiger partial charge in [0.1, 0.15) is 6.04 Å². The van der Waals surface area contributed by atoms with Crippen LogP contribution >= 0.6 is 0 Å². The van der Waals surface area contributed by atoms with Crippen LogP contribution in [0.25, 0.3) is 0 Å². The number of anilines is 1. The van der Waals surface area contributed by atoms with Crippen LogP contribution in [0, 0.1) is 0 Å². The predicted octanol–water partition coefficient (Wildman–Crippen LogP) is 1.47. The zero-order chi connectivity index (χ0) is 12.5. The minimum atomic E-state index is -0.186. The molecule has 4 heteroatoms. The molecule has 1 N–H and O–H groups in total. The number of nitrogens with zero attached hydrogens (tertiary/aromatic N) is 1. The minimum absolute atomic E-state index is 0.141. The summed E-state index contributed by atoms with van der Waals surface area (Å²) in [4.78, 5) is 14.0. The molecule has 0 spiro atoms. The first kappa shape index (κ1) is 11.7. The summed E-state index contributed by atoms with van der Waals surface area (Å²) in [6.45, 7) is 1.58. The van der Waals surface area contributed by atoms with E-state index in [-0.39, 0.29) is 11.9 Å². The van der Waals surface area contributed by atoms with Crippen molar-refractivity contribution in [2.75, 3.05) is 25.2 Å². The molecule has 0 aliphatic carbocycles. The number of likely N-dealkylation sites (N-methyl/N-ethyl adjacent to an activating group) is 1. The third-order valence-corrected chi connectivity index (χ3v) is 3.81. The summed E-state index contributed by atoms with van der Waals surface area (Å²) in [5, 5.41) is 3.48. The molecule has 1 aromatic rings. The second-order valence-electron chi connectivity index (χ2n) is 4.94. The number of hydrogen-bond donors (Lipinski definition) is 1. The number of carbonyl (C=O) groups is 1. The van der Waals surface area contributed by atoms with Crippen LogP contribution in [0.3, 0.4) is 0 Å². The highest BCUT2D eigenvalue weighted by atomic mass is 16.5. The number of nitrogens with one attached hydrogen (secondary N) is 1. The molecule has 1 fully saturated rings. The van der Waals surface area contributed by atoms with Crippen molar-refractivity contribution in [3.8, 4) is 0 Å². The van der Waals surface area contributed by atoms with Crippen LogP contribution in [0.5, 0.6) is 0 Å². The Hall–Kier alpha value is -1.39. The van der Waals surface area contributed by atoms with Gasteiger partial charge >= 0.3 is 0 Å². The van der Waals surface area contributed by atoms with Crippen LogP contribution in [-0.2, 0) is 9.53 Å². The van der Waals surface area contributed by atoms with Crippen molar-refractivity contribution in [1.82, 2.24) is 5.32 Å². The van der Waals surface area contributed by atoms with E-state index in [9.17, 15) is 4.79 Å². The Labute approximate surface area is 107 Å². The number of para-hydroxylation sites is 1. The molecule has 1 aromatic carbocycles. The molecule has 2 aliphatic rings. The van der Waals surface area contributed by atoms with Gasteiger partial charge in [-0.2, -0.15) is 0 Å². The van der Waals surface area contributed by atoms with Crippen molar-refractivity contribution in [2.24, 2.45) is 0 Å². The molecule has 2 heterocycles. The number of benzene rings is 1. The molecule has 18 heavy (non-hydrogen) atoms. The van der Waals surface area contributed by atoms with Crippen LogP contribution in [0.2, 0.25) is 0 Å². The second-order valence-corrected chi connectivity index (χ2v) is 4.94. The summed E-state index contributed by atoms with van der Waals surface area (Å²) < 4.78 is 5.35. The first-order chi connectivity index (χ1) is 8.77. The maximum absolute atomic E-state index is 12.3. The maximum Gasteiger partial charge on any atom is 0.248 e. The third-order valence-electron chi connectivity index (χ3n) is 3.81. The van der Waals surface area contributed by atoms with Gasteiger partial charge in [-0.15, -0.1) is 0 Å².